The molecular weight excluding hydrogens is 228 g/mol. The zero-order valence-corrected chi connectivity index (χ0v) is 11.5. The van der Waals surface area contributed by atoms with Gasteiger partial charge >= 0.3 is 0 Å². The fourth-order valence-corrected chi connectivity index (χ4v) is 1.87. The lowest BCUT2D eigenvalue weighted by molar-refractivity contribution is -0.130. The van der Waals surface area contributed by atoms with Gasteiger partial charge in [0.2, 0.25) is 5.91 Å². The van der Waals surface area contributed by atoms with E-state index in [4.69, 9.17) is 0 Å². The zero-order valence-electron chi connectivity index (χ0n) is 11.5. The minimum atomic E-state index is 0.182. The van der Waals surface area contributed by atoms with Gasteiger partial charge in [-0.1, -0.05) is 39.0 Å². The Hall–Kier alpha value is -1.39. The number of carbonyl (C=O) groups is 1. The Labute approximate surface area is 109 Å². The fourth-order valence-electron chi connectivity index (χ4n) is 1.87. The highest BCUT2D eigenvalue weighted by molar-refractivity contribution is 5.75. The number of rotatable bonds is 9. The van der Waals surface area contributed by atoms with Crippen LogP contribution in [0.25, 0.3) is 0 Å². The second-order valence-corrected chi connectivity index (χ2v) is 4.70. The minimum Gasteiger partial charge on any atom is -0.338 e. The van der Waals surface area contributed by atoms with Gasteiger partial charge < -0.3 is 4.90 Å². The first kappa shape index (κ1) is 14.7. The Bertz CT molecular complexity index is 324. The van der Waals surface area contributed by atoms with Gasteiger partial charge in [-0.25, -0.2) is 4.98 Å². The predicted molar refractivity (Wildman–Crippen MR) is 70.8 cm³/mol. The molecule has 1 N–H and O–H groups in total. The highest BCUT2D eigenvalue weighted by atomic mass is 16.2. The van der Waals surface area contributed by atoms with Crippen LogP contribution in [-0.4, -0.2) is 33.0 Å². The summed E-state index contributed by atoms with van der Waals surface area (Å²) in [5, 5.41) is 6.52. The van der Waals surface area contributed by atoms with Crippen LogP contribution < -0.4 is 0 Å². The number of nitrogens with zero attached hydrogens (tertiary/aromatic N) is 3. The third-order valence-corrected chi connectivity index (χ3v) is 3.02. The summed E-state index contributed by atoms with van der Waals surface area (Å²) in [6, 6.07) is 0. The lowest BCUT2D eigenvalue weighted by Gasteiger charge is -2.15. The standard InChI is InChI=1S/C13H24N4O/c1-3-4-5-6-7-8-9-13(18)17(2)10-12-14-11-15-16-12/h11H,3-10H2,1-2H3,(H,14,15,16). The summed E-state index contributed by atoms with van der Waals surface area (Å²) in [4.78, 5) is 17.5. The van der Waals surface area contributed by atoms with E-state index >= 15 is 0 Å². The third-order valence-electron chi connectivity index (χ3n) is 3.02. The van der Waals surface area contributed by atoms with Crippen molar-refractivity contribution in [1.29, 1.82) is 0 Å². The molecule has 5 nitrogen and oxygen atoms in total. The van der Waals surface area contributed by atoms with Gasteiger partial charge in [-0.05, 0) is 6.42 Å². The quantitative estimate of drug-likeness (QED) is 0.687. The van der Waals surface area contributed by atoms with Crippen LogP contribution in [0.5, 0.6) is 0 Å². The summed E-state index contributed by atoms with van der Waals surface area (Å²) in [6.07, 6.45) is 9.34. The molecule has 0 aliphatic heterocycles. The molecular formula is C13H24N4O. The lowest BCUT2D eigenvalue weighted by atomic mass is 10.1. The molecule has 0 unspecified atom stereocenters. The molecule has 0 aromatic carbocycles. The van der Waals surface area contributed by atoms with E-state index < -0.39 is 0 Å². The van der Waals surface area contributed by atoms with Gasteiger partial charge in [-0.15, -0.1) is 0 Å². The van der Waals surface area contributed by atoms with Crippen LogP contribution in [0.2, 0.25) is 0 Å². The molecule has 0 fully saturated rings. The van der Waals surface area contributed by atoms with Crippen molar-refractivity contribution in [2.24, 2.45) is 0 Å². The van der Waals surface area contributed by atoms with Crippen molar-refractivity contribution in [3.8, 4) is 0 Å². The van der Waals surface area contributed by atoms with E-state index in [1.807, 2.05) is 7.05 Å². The number of amides is 1. The summed E-state index contributed by atoms with van der Waals surface area (Å²) in [6.45, 7) is 2.72. The largest absolute Gasteiger partial charge is 0.338 e. The minimum absolute atomic E-state index is 0.182. The van der Waals surface area contributed by atoms with E-state index in [9.17, 15) is 4.79 Å². The molecule has 0 spiro atoms. The van der Waals surface area contributed by atoms with E-state index in [0.29, 0.717) is 13.0 Å². The lowest BCUT2D eigenvalue weighted by Crippen LogP contribution is -2.26. The molecule has 0 aliphatic rings. The Balaban J connectivity index is 2.08. The second kappa shape index (κ2) is 8.66. The van der Waals surface area contributed by atoms with Gasteiger partial charge in [0.05, 0.1) is 6.54 Å². The molecule has 0 atom stereocenters. The summed E-state index contributed by atoms with van der Waals surface area (Å²) < 4.78 is 0. The Morgan fingerprint density at radius 3 is 2.67 bits per heavy atom. The van der Waals surface area contributed by atoms with Crippen LogP contribution in [0.3, 0.4) is 0 Å². The van der Waals surface area contributed by atoms with Crippen LogP contribution in [0, 0.1) is 0 Å². The maximum absolute atomic E-state index is 11.8. The summed E-state index contributed by atoms with van der Waals surface area (Å²) >= 11 is 0. The molecule has 0 aliphatic carbocycles. The van der Waals surface area contributed by atoms with Crippen molar-refractivity contribution in [1.82, 2.24) is 20.1 Å². The van der Waals surface area contributed by atoms with E-state index in [2.05, 4.69) is 22.1 Å². The monoisotopic (exact) mass is 252 g/mol. The smallest absolute Gasteiger partial charge is 0.222 e. The van der Waals surface area contributed by atoms with Crippen molar-refractivity contribution in [3.63, 3.8) is 0 Å². The topological polar surface area (TPSA) is 61.9 Å². The molecule has 0 saturated carbocycles. The van der Waals surface area contributed by atoms with Crippen LogP contribution in [-0.2, 0) is 11.3 Å². The summed E-state index contributed by atoms with van der Waals surface area (Å²) in [5.41, 5.74) is 0. The van der Waals surface area contributed by atoms with Gasteiger partial charge in [0.1, 0.15) is 12.2 Å². The molecule has 1 heterocycles. The van der Waals surface area contributed by atoms with E-state index in [-0.39, 0.29) is 5.91 Å². The van der Waals surface area contributed by atoms with Crippen LogP contribution in [0.15, 0.2) is 6.33 Å². The van der Waals surface area contributed by atoms with Gasteiger partial charge in [0, 0.05) is 13.5 Å². The maximum Gasteiger partial charge on any atom is 0.222 e. The number of carbonyl (C=O) groups excluding carboxylic acids is 1. The average Bonchev–Trinajstić information content (AvgIpc) is 2.86. The van der Waals surface area contributed by atoms with E-state index in [0.717, 1.165) is 18.7 Å². The van der Waals surface area contributed by atoms with Crippen molar-refractivity contribution in [2.75, 3.05) is 7.05 Å². The molecule has 1 aromatic heterocycles. The molecule has 102 valence electrons. The van der Waals surface area contributed by atoms with Gasteiger partial charge in [0.25, 0.3) is 0 Å². The molecule has 0 radical (unpaired) electrons. The number of nitrogens with one attached hydrogen (secondary N) is 1. The Kier molecular flexibility index (Phi) is 7.06. The number of aromatic nitrogens is 3. The summed E-state index contributed by atoms with van der Waals surface area (Å²) in [5.74, 6) is 0.913. The maximum atomic E-state index is 11.8. The number of unbranched alkanes of at least 4 members (excludes halogenated alkanes) is 5. The zero-order chi connectivity index (χ0) is 13.2. The van der Waals surface area contributed by atoms with Crippen LogP contribution >= 0.6 is 0 Å². The fraction of sp³-hybridized carbons (Fsp3) is 0.769. The van der Waals surface area contributed by atoms with Gasteiger partial charge in [0.15, 0.2) is 0 Å². The third kappa shape index (κ3) is 5.80. The van der Waals surface area contributed by atoms with E-state index in [1.165, 1.54) is 32.0 Å². The van der Waals surface area contributed by atoms with Crippen molar-refractivity contribution >= 4 is 5.91 Å². The number of hydrogen-bond acceptors (Lipinski definition) is 3. The first-order valence-corrected chi connectivity index (χ1v) is 6.82. The Morgan fingerprint density at radius 1 is 1.28 bits per heavy atom. The van der Waals surface area contributed by atoms with Crippen molar-refractivity contribution in [2.45, 2.75) is 58.4 Å². The SMILES string of the molecule is CCCCCCCCC(=O)N(C)Cc1ncn[nH]1. The van der Waals surface area contributed by atoms with Gasteiger partial charge in [-0.2, -0.15) is 5.10 Å². The summed E-state index contributed by atoms with van der Waals surface area (Å²) in [7, 11) is 1.81. The molecule has 0 saturated heterocycles. The molecule has 1 aromatic rings. The molecule has 1 amide bonds. The average molecular weight is 252 g/mol. The Morgan fingerprint density at radius 2 is 2.00 bits per heavy atom. The highest BCUT2D eigenvalue weighted by Gasteiger charge is 2.09. The predicted octanol–water partition coefficient (Wildman–Crippen LogP) is 2.51. The molecule has 0 bridgehead atoms. The van der Waals surface area contributed by atoms with Crippen LogP contribution in [0.1, 0.15) is 57.7 Å². The molecule has 5 heteroatoms. The highest BCUT2D eigenvalue weighted by Crippen LogP contribution is 2.08. The van der Waals surface area contributed by atoms with E-state index in [1.54, 1.807) is 4.90 Å². The van der Waals surface area contributed by atoms with Crippen molar-refractivity contribution < 1.29 is 4.79 Å². The number of H-pyrrole nitrogens is 1. The first-order chi connectivity index (χ1) is 8.74. The number of aromatic amines is 1. The normalized spacial score (nSPS) is 10.6. The van der Waals surface area contributed by atoms with Gasteiger partial charge in [-0.3, -0.25) is 9.89 Å². The second-order valence-electron chi connectivity index (χ2n) is 4.70. The van der Waals surface area contributed by atoms with Crippen LogP contribution in [0.4, 0.5) is 0 Å². The molecule has 18 heavy (non-hydrogen) atoms. The van der Waals surface area contributed by atoms with Crippen molar-refractivity contribution in [3.05, 3.63) is 12.2 Å². The molecule has 1 rings (SSSR count). The number of hydrogen-bond donors (Lipinski definition) is 1. The first-order valence-electron chi connectivity index (χ1n) is 6.82.